The first-order chi connectivity index (χ1) is 14.1. The highest BCUT2D eigenvalue weighted by Crippen LogP contribution is 2.67. The zero-order valence-corrected chi connectivity index (χ0v) is 18.0. The fourth-order valence-electron chi connectivity index (χ4n) is 7.39. The summed E-state index contributed by atoms with van der Waals surface area (Å²) >= 11 is 0. The number of aliphatic hydroxyl groups excluding tert-OH is 2. The summed E-state index contributed by atoms with van der Waals surface area (Å²) in [5.41, 5.74) is -1.43. The standard InChI is InChI=1S/C24H32O6/c1-4-20(29)30-24(19(28)13-25)10-8-17-16-6-5-14-11-15(26)7-9-22(14,2)21(16)18(27)12-23(17,24)3/h7,9,11,16-18,21,25,27H,4-6,8,10,12-13H2,1-3H3/t16?,17?,18?,21?,22?,23?,24-/m0/s1. The van der Waals surface area contributed by atoms with Gasteiger partial charge in [0.05, 0.1) is 6.10 Å². The van der Waals surface area contributed by atoms with Crippen LogP contribution in [-0.2, 0) is 19.1 Å². The van der Waals surface area contributed by atoms with Gasteiger partial charge in [0.15, 0.2) is 11.4 Å². The summed E-state index contributed by atoms with van der Waals surface area (Å²) in [6.07, 6.45) is 7.75. The van der Waals surface area contributed by atoms with E-state index in [4.69, 9.17) is 4.74 Å². The van der Waals surface area contributed by atoms with Gasteiger partial charge in [0.1, 0.15) is 6.61 Å². The Labute approximate surface area is 177 Å². The minimum atomic E-state index is -1.39. The van der Waals surface area contributed by atoms with E-state index < -0.39 is 35.5 Å². The Balaban J connectivity index is 1.76. The third kappa shape index (κ3) is 2.72. The van der Waals surface area contributed by atoms with Gasteiger partial charge in [0.25, 0.3) is 0 Å². The molecular weight excluding hydrogens is 384 g/mol. The van der Waals surface area contributed by atoms with Crippen molar-refractivity contribution in [3.05, 3.63) is 23.8 Å². The van der Waals surface area contributed by atoms with Crippen LogP contribution >= 0.6 is 0 Å². The molecule has 0 aromatic rings. The Bertz CT molecular complexity index is 843. The summed E-state index contributed by atoms with van der Waals surface area (Å²) in [6.45, 7) is 5.06. The van der Waals surface area contributed by atoms with Crippen LogP contribution in [0.3, 0.4) is 0 Å². The maximum atomic E-state index is 13.0. The molecule has 30 heavy (non-hydrogen) atoms. The third-order valence-corrected chi connectivity index (χ3v) is 8.79. The van der Waals surface area contributed by atoms with Crippen molar-refractivity contribution in [2.75, 3.05) is 6.61 Å². The first-order valence-electron chi connectivity index (χ1n) is 11.1. The van der Waals surface area contributed by atoms with Gasteiger partial charge in [-0.2, -0.15) is 0 Å². The normalized spacial score (nSPS) is 44.6. The molecule has 3 fully saturated rings. The molecule has 0 amide bonds. The van der Waals surface area contributed by atoms with Crippen LogP contribution < -0.4 is 0 Å². The minimum Gasteiger partial charge on any atom is -0.450 e. The molecule has 4 aliphatic carbocycles. The number of ether oxygens (including phenoxy) is 1. The molecule has 0 saturated heterocycles. The number of hydrogen-bond donors (Lipinski definition) is 2. The van der Waals surface area contributed by atoms with E-state index >= 15 is 0 Å². The molecule has 0 aliphatic heterocycles. The van der Waals surface area contributed by atoms with E-state index in [9.17, 15) is 24.6 Å². The third-order valence-electron chi connectivity index (χ3n) is 8.79. The Morgan fingerprint density at radius 1 is 1.27 bits per heavy atom. The number of ketones is 2. The average Bonchev–Trinajstić information content (AvgIpc) is 3.00. The van der Waals surface area contributed by atoms with Gasteiger partial charge in [-0.1, -0.05) is 32.4 Å². The highest BCUT2D eigenvalue weighted by molar-refractivity contribution is 6.01. The highest BCUT2D eigenvalue weighted by Gasteiger charge is 2.70. The molecule has 0 spiro atoms. The smallest absolute Gasteiger partial charge is 0.306 e. The van der Waals surface area contributed by atoms with E-state index in [1.165, 1.54) is 0 Å². The average molecular weight is 417 g/mol. The summed E-state index contributed by atoms with van der Waals surface area (Å²) in [7, 11) is 0. The molecular formula is C24H32O6. The molecule has 7 atom stereocenters. The van der Waals surface area contributed by atoms with E-state index in [2.05, 4.69) is 6.92 Å². The van der Waals surface area contributed by atoms with Crippen LogP contribution in [0.25, 0.3) is 0 Å². The Morgan fingerprint density at radius 3 is 2.67 bits per heavy atom. The second-order valence-electron chi connectivity index (χ2n) is 9.99. The number of carbonyl (C=O) groups is 3. The van der Waals surface area contributed by atoms with Crippen molar-refractivity contribution in [1.29, 1.82) is 0 Å². The number of rotatable bonds is 4. The lowest BCUT2D eigenvalue weighted by atomic mass is 9.46. The Hall–Kier alpha value is -1.79. The van der Waals surface area contributed by atoms with Crippen molar-refractivity contribution in [2.45, 2.75) is 71.0 Å². The fraction of sp³-hybridized carbons (Fsp3) is 0.708. The summed E-state index contributed by atoms with van der Waals surface area (Å²) < 4.78 is 5.82. The summed E-state index contributed by atoms with van der Waals surface area (Å²) in [4.78, 5) is 37.2. The van der Waals surface area contributed by atoms with Crippen LogP contribution in [0.1, 0.15) is 59.3 Å². The van der Waals surface area contributed by atoms with Crippen LogP contribution in [0.4, 0.5) is 0 Å². The van der Waals surface area contributed by atoms with Crippen LogP contribution in [0.15, 0.2) is 23.8 Å². The van der Waals surface area contributed by atoms with Gasteiger partial charge < -0.3 is 14.9 Å². The van der Waals surface area contributed by atoms with E-state index in [0.717, 1.165) is 18.4 Å². The lowest BCUT2D eigenvalue weighted by Gasteiger charge is -2.59. The monoisotopic (exact) mass is 416 g/mol. The minimum absolute atomic E-state index is 0.00373. The molecule has 4 aliphatic rings. The number of hydrogen-bond acceptors (Lipinski definition) is 6. The number of allylic oxidation sites excluding steroid dienone is 4. The molecule has 6 nitrogen and oxygen atoms in total. The van der Waals surface area contributed by atoms with E-state index in [0.29, 0.717) is 19.3 Å². The topological polar surface area (TPSA) is 101 Å². The number of carbonyl (C=O) groups excluding carboxylic acids is 3. The van der Waals surface area contributed by atoms with Crippen molar-refractivity contribution in [3.63, 3.8) is 0 Å². The number of fused-ring (bicyclic) bond motifs is 5. The predicted octanol–water partition coefficient (Wildman–Crippen LogP) is 2.52. The maximum absolute atomic E-state index is 13.0. The Morgan fingerprint density at radius 2 is 2.00 bits per heavy atom. The molecule has 0 aromatic carbocycles. The summed E-state index contributed by atoms with van der Waals surface area (Å²) in [5, 5.41) is 21.1. The fourth-order valence-corrected chi connectivity index (χ4v) is 7.39. The SMILES string of the molecule is CCC(=O)O[C@]1(C(=O)CO)CCC2C3CCC4=CC(=O)C=CC4(C)C3C(O)CC21C. The molecule has 2 N–H and O–H groups in total. The van der Waals surface area contributed by atoms with Crippen molar-refractivity contribution >= 4 is 17.5 Å². The summed E-state index contributed by atoms with van der Waals surface area (Å²) in [6, 6.07) is 0. The molecule has 3 saturated carbocycles. The van der Waals surface area contributed by atoms with Crippen molar-refractivity contribution in [3.8, 4) is 0 Å². The van der Waals surface area contributed by atoms with Gasteiger partial charge in [-0.3, -0.25) is 14.4 Å². The quantitative estimate of drug-likeness (QED) is 0.683. The molecule has 0 bridgehead atoms. The molecule has 4 rings (SSSR count). The van der Waals surface area contributed by atoms with Gasteiger partial charge in [-0.25, -0.2) is 0 Å². The van der Waals surface area contributed by atoms with Crippen molar-refractivity contribution in [2.24, 2.45) is 28.6 Å². The molecule has 0 heterocycles. The molecule has 0 radical (unpaired) electrons. The van der Waals surface area contributed by atoms with Gasteiger partial charge in [-0.15, -0.1) is 0 Å². The van der Waals surface area contributed by atoms with Crippen LogP contribution in [0.5, 0.6) is 0 Å². The van der Waals surface area contributed by atoms with Crippen LogP contribution in [0, 0.1) is 28.6 Å². The van der Waals surface area contributed by atoms with Crippen LogP contribution in [0.2, 0.25) is 0 Å². The molecule has 164 valence electrons. The maximum Gasteiger partial charge on any atom is 0.306 e. The second-order valence-corrected chi connectivity index (χ2v) is 9.99. The number of Topliss-reactive ketones (excluding diaryl/α,β-unsaturated/α-hetero) is 1. The zero-order chi connectivity index (χ0) is 21.9. The highest BCUT2D eigenvalue weighted by atomic mass is 16.6. The second kappa shape index (κ2) is 7.13. The molecule has 0 aromatic heterocycles. The first-order valence-corrected chi connectivity index (χ1v) is 11.1. The lowest BCUT2D eigenvalue weighted by molar-refractivity contribution is -0.200. The van der Waals surface area contributed by atoms with Crippen molar-refractivity contribution in [1.82, 2.24) is 0 Å². The predicted molar refractivity (Wildman–Crippen MR) is 109 cm³/mol. The van der Waals surface area contributed by atoms with E-state index in [-0.39, 0.29) is 35.4 Å². The van der Waals surface area contributed by atoms with E-state index in [1.54, 1.807) is 19.1 Å². The van der Waals surface area contributed by atoms with E-state index in [1.807, 2.05) is 13.0 Å². The zero-order valence-electron chi connectivity index (χ0n) is 18.0. The Kier molecular flexibility index (Phi) is 5.09. The molecule has 6 heteroatoms. The van der Waals surface area contributed by atoms with Crippen LogP contribution in [-0.4, -0.2) is 46.1 Å². The number of aliphatic hydroxyl groups is 2. The van der Waals surface area contributed by atoms with Crippen molar-refractivity contribution < 1.29 is 29.3 Å². The lowest BCUT2D eigenvalue weighted by Crippen LogP contribution is -2.63. The van der Waals surface area contributed by atoms with Gasteiger partial charge in [0.2, 0.25) is 5.78 Å². The largest absolute Gasteiger partial charge is 0.450 e. The number of esters is 1. The summed E-state index contributed by atoms with van der Waals surface area (Å²) in [5.74, 6) is -0.740. The molecule has 6 unspecified atom stereocenters. The first kappa shape index (κ1) is 21.4. The van der Waals surface area contributed by atoms with Gasteiger partial charge >= 0.3 is 5.97 Å². The van der Waals surface area contributed by atoms with Gasteiger partial charge in [0, 0.05) is 23.2 Å². The van der Waals surface area contributed by atoms with Gasteiger partial charge in [-0.05, 0) is 56.1 Å².